The lowest BCUT2D eigenvalue weighted by molar-refractivity contribution is -0.0980. The average molecular weight is 550 g/mol. The Morgan fingerprint density at radius 3 is 2.08 bits per heavy atom. The van der Waals surface area contributed by atoms with Crippen molar-refractivity contribution in [3.05, 3.63) is 72.6 Å². The number of aliphatic hydroxyl groups is 1. The summed E-state index contributed by atoms with van der Waals surface area (Å²) in [5, 5.41) is 21.1. The highest BCUT2D eigenvalue weighted by atomic mass is 16.5. The van der Waals surface area contributed by atoms with E-state index in [0.29, 0.717) is 28.9 Å². The minimum Gasteiger partial charge on any atom is -0.508 e. The number of nitrogens with zero attached hydrogens (tertiary/aromatic N) is 4. The highest BCUT2D eigenvalue weighted by molar-refractivity contribution is 5.62. The van der Waals surface area contributed by atoms with Gasteiger partial charge in [-0.05, 0) is 41.3 Å². The van der Waals surface area contributed by atoms with Crippen molar-refractivity contribution in [2.45, 2.75) is 26.2 Å². The van der Waals surface area contributed by atoms with Gasteiger partial charge in [0.15, 0.2) is 23.1 Å². The lowest BCUT2D eigenvalue weighted by Gasteiger charge is -2.18. The van der Waals surface area contributed by atoms with Crippen LogP contribution in [0.2, 0.25) is 0 Å². The minimum atomic E-state index is -0.176. The summed E-state index contributed by atoms with van der Waals surface area (Å²) in [5.41, 5.74) is 1.42. The third-order valence-electron chi connectivity index (χ3n) is 5.18. The predicted octanol–water partition coefficient (Wildman–Crippen LogP) is 4.65. The molecule has 0 atom stereocenters. The van der Waals surface area contributed by atoms with E-state index in [4.69, 9.17) is 29.2 Å². The molecule has 0 fully saturated rings. The fourth-order valence-electron chi connectivity index (χ4n) is 3.22. The fraction of sp³-hybridized carbons (Fsp3) is 0.276. The molecule has 0 saturated carbocycles. The number of rotatable bonds is 8. The zero-order valence-corrected chi connectivity index (χ0v) is 23.3. The average Bonchev–Trinajstić information content (AvgIpc) is 2.98. The number of methoxy groups -OCH3 is 1. The molecule has 11 nitrogen and oxygen atoms in total. The van der Waals surface area contributed by atoms with Crippen molar-refractivity contribution in [2.75, 3.05) is 32.7 Å². The van der Waals surface area contributed by atoms with Crippen molar-refractivity contribution >= 4 is 12.6 Å². The van der Waals surface area contributed by atoms with Crippen LogP contribution < -0.4 is 19.5 Å². The third kappa shape index (κ3) is 8.91. The van der Waals surface area contributed by atoms with Crippen LogP contribution in [0.15, 0.2) is 67.0 Å². The van der Waals surface area contributed by atoms with Crippen molar-refractivity contribution in [3.8, 4) is 40.5 Å². The van der Waals surface area contributed by atoms with Crippen molar-refractivity contribution in [3.63, 3.8) is 0 Å². The number of hydrogen-bond acceptors (Lipinski definition) is 11. The number of anilines is 1. The third-order valence-corrected chi connectivity index (χ3v) is 5.18. The Hall–Kier alpha value is -4.77. The van der Waals surface area contributed by atoms with Gasteiger partial charge in [0.1, 0.15) is 19.1 Å². The molecular weight excluding hydrogens is 514 g/mol. The Morgan fingerprint density at radius 1 is 0.900 bits per heavy atom. The second-order valence-electron chi connectivity index (χ2n) is 8.97. The summed E-state index contributed by atoms with van der Waals surface area (Å²) in [6.07, 6.45) is 3.19. The Bertz CT molecular complexity index is 1320. The first-order valence-corrected chi connectivity index (χ1v) is 12.3. The molecule has 0 bridgehead atoms. The Labute approximate surface area is 233 Å². The molecule has 0 radical (unpaired) electrons. The molecule has 3 N–H and O–H groups in total. The van der Waals surface area contributed by atoms with Gasteiger partial charge in [-0.25, -0.2) is 15.0 Å². The summed E-state index contributed by atoms with van der Waals surface area (Å²) < 4.78 is 16.9. The smallest absolute Gasteiger partial charge is 0.263 e. The summed E-state index contributed by atoms with van der Waals surface area (Å²) in [6.45, 7) is 8.32. The number of phenols is 1. The van der Waals surface area contributed by atoms with E-state index in [-0.39, 0.29) is 36.1 Å². The molecular formula is C29H35N5O6. The maximum Gasteiger partial charge on any atom is 0.263 e. The van der Waals surface area contributed by atoms with E-state index < -0.39 is 0 Å². The van der Waals surface area contributed by atoms with Crippen molar-refractivity contribution in [1.82, 2.24) is 19.9 Å². The van der Waals surface area contributed by atoms with Crippen LogP contribution >= 0.6 is 0 Å². The molecule has 40 heavy (non-hydrogen) atoms. The summed E-state index contributed by atoms with van der Waals surface area (Å²) in [6, 6.07) is 16.2. The number of aliphatic hydroxyl groups excluding tert-OH is 1. The van der Waals surface area contributed by atoms with E-state index >= 15 is 0 Å². The van der Waals surface area contributed by atoms with Crippen LogP contribution in [0.5, 0.6) is 28.9 Å². The van der Waals surface area contributed by atoms with Gasteiger partial charge in [-0.15, -0.1) is 0 Å². The topological polar surface area (TPSA) is 149 Å². The van der Waals surface area contributed by atoms with Crippen LogP contribution in [0.4, 0.5) is 5.82 Å². The van der Waals surface area contributed by atoms with Crippen LogP contribution in [0, 0.1) is 0 Å². The minimum absolute atomic E-state index is 0.0392. The molecule has 0 unspecified atom stereocenters. The van der Waals surface area contributed by atoms with Gasteiger partial charge in [0, 0.05) is 19.4 Å². The molecule has 2 aromatic heterocycles. The van der Waals surface area contributed by atoms with Gasteiger partial charge >= 0.3 is 0 Å². The largest absolute Gasteiger partial charge is 0.508 e. The van der Waals surface area contributed by atoms with Gasteiger partial charge in [-0.1, -0.05) is 45.0 Å². The Morgan fingerprint density at radius 2 is 1.52 bits per heavy atom. The normalized spacial score (nSPS) is 10.2. The molecule has 2 heterocycles. The second-order valence-corrected chi connectivity index (χ2v) is 8.97. The first-order chi connectivity index (χ1) is 19.3. The first-order valence-electron chi connectivity index (χ1n) is 12.3. The number of aromatic hydroxyl groups is 1. The van der Waals surface area contributed by atoms with Gasteiger partial charge in [0.2, 0.25) is 11.6 Å². The molecule has 4 aromatic rings. The summed E-state index contributed by atoms with van der Waals surface area (Å²) in [4.78, 5) is 25.1. The van der Waals surface area contributed by atoms with Crippen molar-refractivity contribution < 1.29 is 29.2 Å². The van der Waals surface area contributed by atoms with E-state index in [0.717, 1.165) is 0 Å². The van der Waals surface area contributed by atoms with Gasteiger partial charge in [0.25, 0.3) is 5.88 Å². The summed E-state index contributed by atoms with van der Waals surface area (Å²) >= 11 is 0. The zero-order chi connectivity index (χ0) is 29.5. The van der Waals surface area contributed by atoms with Gasteiger partial charge < -0.3 is 34.5 Å². The lowest BCUT2D eigenvalue weighted by atomic mass is 9.87. The summed E-state index contributed by atoms with van der Waals surface area (Å²) in [5.74, 6) is 2.74. The molecule has 0 spiro atoms. The molecule has 2 aromatic carbocycles. The maximum absolute atomic E-state index is 9.13. The molecule has 0 aliphatic heterocycles. The Kier molecular flexibility index (Phi) is 12.3. The standard InChI is InChI=1S/C18H19N5O4.C10H14O.CH2O/c1-19-15-14(27-13-7-4-3-6-12(13)25-2)18(26-11-10-24)23-17(22-15)16-20-8-5-9-21-16;1-10(2,3)8-4-6-9(11)7-5-8;1-2/h3-9,24H,10-11H2,1-2H3,(H,19,22,23);4-7,11H,1-3H3;1H2. The molecule has 0 amide bonds. The van der Waals surface area contributed by atoms with Gasteiger partial charge in [-0.3, -0.25) is 0 Å². The quantitative estimate of drug-likeness (QED) is 0.282. The number of para-hydroxylation sites is 2. The monoisotopic (exact) mass is 549 g/mol. The Balaban J connectivity index is 0.000000360. The van der Waals surface area contributed by atoms with E-state index in [2.05, 4.69) is 46.0 Å². The van der Waals surface area contributed by atoms with Crippen molar-refractivity contribution in [1.29, 1.82) is 0 Å². The van der Waals surface area contributed by atoms with Crippen LogP contribution in [0.25, 0.3) is 11.6 Å². The zero-order valence-electron chi connectivity index (χ0n) is 23.3. The lowest BCUT2D eigenvalue weighted by Crippen LogP contribution is -2.10. The highest BCUT2D eigenvalue weighted by Crippen LogP contribution is 2.40. The number of carbonyl (C=O) groups excluding carboxylic acids is 1. The van der Waals surface area contributed by atoms with E-state index in [1.54, 1.807) is 56.9 Å². The van der Waals surface area contributed by atoms with Gasteiger partial charge in [-0.2, -0.15) is 4.98 Å². The molecule has 0 aliphatic carbocycles. The van der Waals surface area contributed by atoms with E-state index in [9.17, 15) is 0 Å². The molecule has 0 aliphatic rings. The number of hydrogen-bond donors (Lipinski definition) is 3. The van der Waals surface area contributed by atoms with Crippen LogP contribution in [-0.2, 0) is 10.2 Å². The SMILES string of the molecule is C=O.CC(C)(C)c1ccc(O)cc1.CNc1nc(-c2ncccn2)nc(OCCO)c1Oc1ccccc1OC. The van der Waals surface area contributed by atoms with Crippen molar-refractivity contribution in [2.24, 2.45) is 0 Å². The molecule has 212 valence electrons. The van der Waals surface area contributed by atoms with Crippen LogP contribution in [0.1, 0.15) is 26.3 Å². The molecule has 11 heteroatoms. The van der Waals surface area contributed by atoms with Crippen LogP contribution in [-0.4, -0.2) is 64.3 Å². The first kappa shape index (κ1) is 31.4. The number of phenolic OH excluding ortho intramolecular Hbond substituents is 1. The number of carbonyl (C=O) groups is 1. The number of ether oxygens (including phenoxy) is 3. The predicted molar refractivity (Wildman–Crippen MR) is 152 cm³/mol. The number of nitrogens with one attached hydrogen (secondary N) is 1. The second kappa shape index (κ2) is 15.6. The van der Waals surface area contributed by atoms with Gasteiger partial charge in [0.05, 0.1) is 13.7 Å². The van der Waals surface area contributed by atoms with E-state index in [1.807, 2.05) is 31.1 Å². The fourth-order valence-corrected chi connectivity index (χ4v) is 3.22. The number of benzene rings is 2. The molecule has 4 rings (SSSR count). The molecule has 0 saturated heterocycles. The highest BCUT2D eigenvalue weighted by Gasteiger charge is 2.21. The number of aromatic nitrogens is 4. The maximum atomic E-state index is 9.13. The van der Waals surface area contributed by atoms with Crippen LogP contribution in [0.3, 0.4) is 0 Å². The summed E-state index contributed by atoms with van der Waals surface area (Å²) in [7, 11) is 3.25. The van der Waals surface area contributed by atoms with E-state index in [1.165, 1.54) is 5.56 Å².